The van der Waals surface area contributed by atoms with Crippen LogP contribution in [0.2, 0.25) is 0 Å². The summed E-state index contributed by atoms with van der Waals surface area (Å²) in [4.78, 5) is 0. The van der Waals surface area contributed by atoms with Gasteiger partial charge in [-0.1, -0.05) is 6.92 Å². The first kappa shape index (κ1) is 11.1. The van der Waals surface area contributed by atoms with Gasteiger partial charge in [0.1, 0.15) is 0 Å². The summed E-state index contributed by atoms with van der Waals surface area (Å²) in [5.41, 5.74) is 0.224. The molecule has 0 N–H and O–H groups in total. The maximum atomic E-state index is 6.52. The molecule has 4 rings (SSSR count). The highest BCUT2D eigenvalue weighted by Crippen LogP contribution is 2.58. The molecule has 0 unspecified atom stereocenters. The summed E-state index contributed by atoms with van der Waals surface area (Å²) >= 11 is 0. The largest absolute Gasteiger partial charge is 0.369 e. The van der Waals surface area contributed by atoms with Crippen LogP contribution in [-0.2, 0) is 4.74 Å². The van der Waals surface area contributed by atoms with Gasteiger partial charge in [0.25, 0.3) is 0 Å². The van der Waals surface area contributed by atoms with Crippen molar-refractivity contribution >= 4 is 0 Å². The average Bonchev–Trinajstić information content (AvgIpc) is 2.13. The Morgan fingerprint density at radius 2 is 1.50 bits per heavy atom. The van der Waals surface area contributed by atoms with Crippen LogP contribution in [0.25, 0.3) is 0 Å². The van der Waals surface area contributed by atoms with Gasteiger partial charge in [-0.25, -0.2) is 0 Å². The SMILES string of the molecule is [CH2]CC(C)(C)OC12CC3CC(CC(C3)C1)C2. The van der Waals surface area contributed by atoms with Crippen molar-refractivity contribution in [2.24, 2.45) is 17.8 Å². The number of hydrogen-bond donors (Lipinski definition) is 0. The summed E-state index contributed by atoms with van der Waals surface area (Å²) in [6.45, 7) is 8.44. The van der Waals surface area contributed by atoms with Gasteiger partial charge >= 0.3 is 0 Å². The average molecular weight is 221 g/mol. The smallest absolute Gasteiger partial charge is 0.0697 e. The van der Waals surface area contributed by atoms with Crippen molar-refractivity contribution in [1.29, 1.82) is 0 Å². The third kappa shape index (κ3) is 1.81. The van der Waals surface area contributed by atoms with E-state index in [2.05, 4.69) is 20.8 Å². The molecule has 0 saturated heterocycles. The summed E-state index contributed by atoms with van der Waals surface area (Å²) in [6, 6.07) is 0. The molecule has 1 radical (unpaired) electrons. The van der Waals surface area contributed by atoms with E-state index in [0.717, 1.165) is 24.2 Å². The standard InChI is InChI=1S/C15H25O/c1-4-14(2,3)16-15-8-11-5-12(9-15)7-13(6-11)10-15/h11-13H,1,4-10H2,2-3H3. The zero-order chi connectivity index (χ0) is 11.4. The van der Waals surface area contributed by atoms with Gasteiger partial charge in [-0.2, -0.15) is 0 Å². The highest BCUT2D eigenvalue weighted by atomic mass is 16.5. The zero-order valence-electron chi connectivity index (χ0n) is 10.8. The summed E-state index contributed by atoms with van der Waals surface area (Å²) in [7, 11) is 0. The van der Waals surface area contributed by atoms with E-state index in [1.165, 1.54) is 38.5 Å². The molecule has 16 heavy (non-hydrogen) atoms. The maximum absolute atomic E-state index is 6.52. The molecule has 0 heterocycles. The van der Waals surface area contributed by atoms with Gasteiger partial charge in [-0.15, -0.1) is 0 Å². The second kappa shape index (κ2) is 3.48. The Morgan fingerprint density at radius 1 is 1.06 bits per heavy atom. The molecule has 1 heteroatoms. The lowest BCUT2D eigenvalue weighted by molar-refractivity contribution is -0.214. The van der Waals surface area contributed by atoms with Crippen molar-refractivity contribution < 1.29 is 4.74 Å². The van der Waals surface area contributed by atoms with E-state index in [4.69, 9.17) is 4.74 Å². The molecule has 91 valence electrons. The summed E-state index contributed by atoms with van der Waals surface area (Å²) in [6.07, 6.45) is 9.37. The van der Waals surface area contributed by atoms with Crippen LogP contribution in [0.15, 0.2) is 0 Å². The predicted octanol–water partition coefficient (Wildman–Crippen LogP) is 3.97. The van der Waals surface area contributed by atoms with Crippen LogP contribution in [0.4, 0.5) is 0 Å². The number of ether oxygens (including phenoxy) is 1. The third-order valence-corrected chi connectivity index (χ3v) is 5.08. The van der Waals surface area contributed by atoms with Crippen molar-refractivity contribution in [1.82, 2.24) is 0 Å². The van der Waals surface area contributed by atoms with E-state index in [9.17, 15) is 0 Å². The molecule has 4 bridgehead atoms. The molecule has 0 amide bonds. The molecule has 0 atom stereocenters. The van der Waals surface area contributed by atoms with Crippen molar-refractivity contribution in [3.8, 4) is 0 Å². The molecular formula is C15H25O. The minimum atomic E-state index is -0.0222. The molecule has 0 aromatic carbocycles. The normalized spacial score (nSPS) is 46.3. The predicted molar refractivity (Wildman–Crippen MR) is 66.0 cm³/mol. The molecule has 4 saturated carbocycles. The van der Waals surface area contributed by atoms with Gasteiger partial charge < -0.3 is 4.74 Å². The lowest BCUT2D eigenvalue weighted by Crippen LogP contribution is -2.54. The second-order valence-corrected chi connectivity index (χ2v) is 7.21. The first-order valence-corrected chi connectivity index (χ1v) is 7.00. The van der Waals surface area contributed by atoms with E-state index in [0.29, 0.717) is 0 Å². The number of hydrogen-bond acceptors (Lipinski definition) is 1. The van der Waals surface area contributed by atoms with Crippen LogP contribution in [0.1, 0.15) is 58.8 Å². The van der Waals surface area contributed by atoms with Crippen LogP contribution in [0.3, 0.4) is 0 Å². The molecule has 4 aliphatic carbocycles. The van der Waals surface area contributed by atoms with E-state index in [-0.39, 0.29) is 11.2 Å². The third-order valence-electron chi connectivity index (χ3n) is 5.08. The van der Waals surface area contributed by atoms with Crippen molar-refractivity contribution in [2.75, 3.05) is 0 Å². The Kier molecular flexibility index (Phi) is 2.41. The van der Waals surface area contributed by atoms with Gasteiger partial charge in [-0.05, 0) is 76.5 Å². The van der Waals surface area contributed by atoms with Crippen molar-refractivity contribution in [3.05, 3.63) is 6.92 Å². The van der Waals surface area contributed by atoms with E-state index in [1.807, 2.05) is 0 Å². The monoisotopic (exact) mass is 221 g/mol. The van der Waals surface area contributed by atoms with Crippen LogP contribution in [-0.4, -0.2) is 11.2 Å². The fourth-order valence-electron chi connectivity index (χ4n) is 4.79. The Balaban J connectivity index is 1.78. The fraction of sp³-hybridized carbons (Fsp3) is 0.933. The number of rotatable bonds is 3. The quantitative estimate of drug-likeness (QED) is 0.700. The van der Waals surface area contributed by atoms with Crippen LogP contribution < -0.4 is 0 Å². The van der Waals surface area contributed by atoms with Gasteiger partial charge in [0.15, 0.2) is 0 Å². The van der Waals surface area contributed by atoms with E-state index < -0.39 is 0 Å². The minimum absolute atomic E-state index is 0.0222. The summed E-state index contributed by atoms with van der Waals surface area (Å²) in [5, 5.41) is 0. The maximum Gasteiger partial charge on any atom is 0.0697 e. The second-order valence-electron chi connectivity index (χ2n) is 7.21. The molecule has 4 aliphatic rings. The molecule has 0 spiro atoms. The van der Waals surface area contributed by atoms with Crippen LogP contribution >= 0.6 is 0 Å². The lowest BCUT2D eigenvalue weighted by Gasteiger charge is -2.58. The molecule has 0 aliphatic heterocycles. The summed E-state index contributed by atoms with van der Waals surface area (Å²) < 4.78 is 6.52. The van der Waals surface area contributed by atoms with Gasteiger partial charge in [0.05, 0.1) is 11.2 Å². The van der Waals surface area contributed by atoms with Crippen LogP contribution in [0, 0.1) is 24.7 Å². The molecule has 4 fully saturated rings. The zero-order valence-corrected chi connectivity index (χ0v) is 10.8. The highest BCUT2D eigenvalue weighted by molar-refractivity contribution is 5.04. The Hall–Kier alpha value is -0.0400. The molecule has 0 aromatic rings. The molecule has 1 nitrogen and oxygen atoms in total. The molecule has 0 aromatic heterocycles. The summed E-state index contributed by atoms with van der Waals surface area (Å²) in [5.74, 6) is 2.94. The Morgan fingerprint density at radius 3 is 1.88 bits per heavy atom. The first-order valence-electron chi connectivity index (χ1n) is 7.00. The Bertz CT molecular complexity index is 244. The van der Waals surface area contributed by atoms with Crippen molar-refractivity contribution in [3.63, 3.8) is 0 Å². The minimum Gasteiger partial charge on any atom is -0.369 e. The van der Waals surface area contributed by atoms with Gasteiger partial charge in [-0.3, -0.25) is 0 Å². The van der Waals surface area contributed by atoms with Gasteiger partial charge in [0.2, 0.25) is 0 Å². The Labute approximate surface area is 99.9 Å². The van der Waals surface area contributed by atoms with Crippen molar-refractivity contribution in [2.45, 2.75) is 70.0 Å². The lowest BCUT2D eigenvalue weighted by atomic mass is 9.54. The molecular weight excluding hydrogens is 196 g/mol. The van der Waals surface area contributed by atoms with E-state index in [1.54, 1.807) is 0 Å². The highest BCUT2D eigenvalue weighted by Gasteiger charge is 2.53. The van der Waals surface area contributed by atoms with Crippen LogP contribution in [0.5, 0.6) is 0 Å². The van der Waals surface area contributed by atoms with E-state index >= 15 is 0 Å². The van der Waals surface area contributed by atoms with Gasteiger partial charge in [0, 0.05) is 0 Å². The first-order chi connectivity index (χ1) is 7.50. The topological polar surface area (TPSA) is 9.23 Å². The fourth-order valence-corrected chi connectivity index (χ4v) is 4.79.